The molecule has 3 rings (SSSR count). The summed E-state index contributed by atoms with van der Waals surface area (Å²) in [7, 11) is 4.33. The molecule has 1 aliphatic carbocycles. The van der Waals surface area contributed by atoms with Gasteiger partial charge in [0.1, 0.15) is 5.75 Å². The normalized spacial score (nSPS) is 21.2. The molecule has 4 heteroatoms. The van der Waals surface area contributed by atoms with Crippen molar-refractivity contribution in [3.63, 3.8) is 0 Å². The van der Waals surface area contributed by atoms with E-state index < -0.39 is 0 Å². The Morgan fingerprint density at radius 1 is 1.13 bits per heavy atom. The number of hydrogen-bond donors (Lipinski definition) is 0. The monoisotopic (exact) mass is 540 g/mol. The standard InChI is InChI=1S/C34H53ClN2O/c1-7-15-29-22-31(35)17-18-32(29)30-24-37(21-14-12-10-9-11-13-20-36(5)6)33-23-28(27(4)26(3)8-2)16-19-34(33)38-25-30/h8,16-19,23,26-27,30-31H,2,7,9-15,20-22,24-25H2,1,3-6H3. The summed E-state index contributed by atoms with van der Waals surface area (Å²) in [5, 5.41) is 0.119. The summed E-state index contributed by atoms with van der Waals surface area (Å²) < 4.78 is 6.54. The van der Waals surface area contributed by atoms with E-state index in [0.717, 1.165) is 44.7 Å². The number of unbranched alkanes of at least 4 members (excludes halogenated alkanes) is 5. The number of ether oxygens (including phenoxy) is 1. The smallest absolute Gasteiger partial charge is 0.142 e. The van der Waals surface area contributed by atoms with E-state index in [1.54, 1.807) is 0 Å². The summed E-state index contributed by atoms with van der Waals surface area (Å²) in [6, 6.07) is 6.87. The van der Waals surface area contributed by atoms with Crippen LogP contribution in [0.25, 0.3) is 0 Å². The summed E-state index contributed by atoms with van der Waals surface area (Å²) in [6.45, 7) is 14.9. The lowest BCUT2D eigenvalue weighted by molar-refractivity contribution is 0.282. The van der Waals surface area contributed by atoms with Crippen molar-refractivity contribution in [2.75, 3.05) is 45.2 Å². The summed E-state index contributed by atoms with van der Waals surface area (Å²) >= 11 is 6.54. The third kappa shape index (κ3) is 8.91. The van der Waals surface area contributed by atoms with Crippen molar-refractivity contribution in [1.82, 2.24) is 4.90 Å². The molecule has 0 N–H and O–H groups in total. The van der Waals surface area contributed by atoms with Gasteiger partial charge in [-0.15, -0.1) is 18.2 Å². The highest BCUT2D eigenvalue weighted by atomic mass is 35.5. The highest BCUT2D eigenvalue weighted by Crippen LogP contribution is 2.39. The topological polar surface area (TPSA) is 15.7 Å². The summed E-state index contributed by atoms with van der Waals surface area (Å²) in [6.07, 6.45) is 17.7. The fourth-order valence-corrected chi connectivity index (χ4v) is 6.12. The van der Waals surface area contributed by atoms with E-state index in [-0.39, 0.29) is 5.38 Å². The highest BCUT2D eigenvalue weighted by Gasteiger charge is 2.28. The van der Waals surface area contributed by atoms with E-state index >= 15 is 0 Å². The molecule has 212 valence electrons. The van der Waals surface area contributed by atoms with E-state index in [2.05, 4.69) is 87.7 Å². The zero-order chi connectivity index (χ0) is 27.5. The van der Waals surface area contributed by atoms with Crippen LogP contribution in [-0.2, 0) is 0 Å². The molecule has 1 aromatic carbocycles. The molecular formula is C34H53ClN2O. The van der Waals surface area contributed by atoms with Crippen LogP contribution >= 0.6 is 11.6 Å². The van der Waals surface area contributed by atoms with E-state index in [0.29, 0.717) is 17.8 Å². The Kier molecular flexibility index (Phi) is 12.8. The van der Waals surface area contributed by atoms with Crippen LogP contribution in [0.3, 0.4) is 0 Å². The van der Waals surface area contributed by atoms with Crippen LogP contribution in [0.2, 0.25) is 0 Å². The van der Waals surface area contributed by atoms with Crippen LogP contribution < -0.4 is 9.64 Å². The zero-order valence-electron chi connectivity index (χ0n) is 24.9. The lowest BCUT2D eigenvalue weighted by Crippen LogP contribution is -2.32. The van der Waals surface area contributed by atoms with Crippen molar-refractivity contribution >= 4 is 17.3 Å². The number of fused-ring (bicyclic) bond motifs is 1. The second-order valence-corrected chi connectivity index (χ2v) is 12.4. The number of anilines is 1. The minimum absolute atomic E-state index is 0.119. The SMILES string of the molecule is C=CC(C)C(C)c1ccc2c(c1)N(CCCCCCCCN(C)C)CC(C1=C(CCC)CC(Cl)C=C1)CO2. The molecule has 0 saturated heterocycles. The molecule has 0 spiro atoms. The molecule has 4 unspecified atom stereocenters. The summed E-state index contributed by atoms with van der Waals surface area (Å²) in [5.74, 6) is 2.27. The van der Waals surface area contributed by atoms with Crippen LogP contribution in [0.5, 0.6) is 5.75 Å². The van der Waals surface area contributed by atoms with Gasteiger partial charge in [-0.3, -0.25) is 0 Å². The lowest BCUT2D eigenvalue weighted by Gasteiger charge is -2.30. The van der Waals surface area contributed by atoms with Gasteiger partial charge in [-0.05, 0) is 81.4 Å². The molecule has 1 aromatic rings. The first kappa shape index (κ1) is 30.8. The number of halogens is 1. The van der Waals surface area contributed by atoms with Gasteiger partial charge in [0.15, 0.2) is 0 Å². The first-order valence-electron chi connectivity index (χ1n) is 15.2. The minimum atomic E-state index is 0.119. The van der Waals surface area contributed by atoms with Crippen molar-refractivity contribution in [2.45, 2.75) is 89.9 Å². The Morgan fingerprint density at radius 2 is 1.87 bits per heavy atom. The van der Waals surface area contributed by atoms with Crippen LogP contribution in [0, 0.1) is 11.8 Å². The zero-order valence-corrected chi connectivity index (χ0v) is 25.6. The van der Waals surface area contributed by atoms with Crippen molar-refractivity contribution < 1.29 is 4.74 Å². The fourth-order valence-electron chi connectivity index (χ4n) is 5.86. The third-order valence-electron chi connectivity index (χ3n) is 8.50. The summed E-state index contributed by atoms with van der Waals surface area (Å²) in [5.41, 5.74) is 5.64. The largest absolute Gasteiger partial charge is 0.491 e. The number of rotatable bonds is 15. The van der Waals surface area contributed by atoms with Crippen molar-refractivity contribution in [3.05, 3.63) is 59.7 Å². The molecule has 1 heterocycles. The average molecular weight is 541 g/mol. The van der Waals surface area contributed by atoms with Crippen LogP contribution in [0.4, 0.5) is 5.69 Å². The second kappa shape index (κ2) is 15.8. The van der Waals surface area contributed by atoms with Gasteiger partial charge in [-0.25, -0.2) is 0 Å². The highest BCUT2D eigenvalue weighted by molar-refractivity contribution is 6.22. The maximum absolute atomic E-state index is 6.54. The lowest BCUT2D eigenvalue weighted by atomic mass is 9.86. The molecule has 2 aliphatic rings. The van der Waals surface area contributed by atoms with Gasteiger partial charge in [0.2, 0.25) is 0 Å². The van der Waals surface area contributed by atoms with Gasteiger partial charge in [0, 0.05) is 19.0 Å². The average Bonchev–Trinajstić information content (AvgIpc) is 3.08. The maximum atomic E-state index is 6.54. The molecule has 0 saturated carbocycles. The van der Waals surface area contributed by atoms with Gasteiger partial charge < -0.3 is 14.5 Å². The van der Waals surface area contributed by atoms with Crippen molar-refractivity contribution in [2.24, 2.45) is 11.8 Å². The van der Waals surface area contributed by atoms with Gasteiger partial charge in [-0.2, -0.15) is 0 Å². The predicted octanol–water partition coefficient (Wildman–Crippen LogP) is 8.99. The first-order valence-corrected chi connectivity index (χ1v) is 15.6. The second-order valence-electron chi connectivity index (χ2n) is 11.9. The molecule has 0 amide bonds. The molecular weight excluding hydrogens is 488 g/mol. The Morgan fingerprint density at radius 3 is 2.58 bits per heavy atom. The number of allylic oxidation sites excluding steroid dienone is 4. The predicted molar refractivity (Wildman–Crippen MR) is 167 cm³/mol. The van der Waals surface area contributed by atoms with E-state index in [9.17, 15) is 0 Å². The number of hydrogen-bond acceptors (Lipinski definition) is 3. The molecule has 38 heavy (non-hydrogen) atoms. The van der Waals surface area contributed by atoms with Gasteiger partial charge in [-0.1, -0.05) is 82.7 Å². The van der Waals surface area contributed by atoms with E-state index in [4.69, 9.17) is 16.3 Å². The third-order valence-corrected chi connectivity index (χ3v) is 8.80. The van der Waals surface area contributed by atoms with Gasteiger partial charge in [0.25, 0.3) is 0 Å². The van der Waals surface area contributed by atoms with Crippen molar-refractivity contribution in [1.29, 1.82) is 0 Å². The molecule has 4 atom stereocenters. The minimum Gasteiger partial charge on any atom is -0.491 e. The van der Waals surface area contributed by atoms with Crippen LogP contribution in [0.1, 0.15) is 90.0 Å². The molecule has 0 fully saturated rings. The maximum Gasteiger partial charge on any atom is 0.142 e. The molecule has 1 aliphatic heterocycles. The Labute approximate surface area is 239 Å². The quantitative estimate of drug-likeness (QED) is 0.125. The van der Waals surface area contributed by atoms with Crippen molar-refractivity contribution in [3.8, 4) is 5.75 Å². The summed E-state index contributed by atoms with van der Waals surface area (Å²) in [4.78, 5) is 4.92. The Bertz CT molecular complexity index is 936. The van der Waals surface area contributed by atoms with Gasteiger partial charge in [0.05, 0.1) is 17.7 Å². The van der Waals surface area contributed by atoms with Crippen LogP contribution in [0.15, 0.2) is 54.2 Å². The Balaban J connectivity index is 1.76. The molecule has 0 aromatic heterocycles. The number of benzene rings is 1. The molecule has 0 radical (unpaired) electrons. The van der Waals surface area contributed by atoms with Crippen LogP contribution in [-0.4, -0.2) is 50.6 Å². The molecule has 3 nitrogen and oxygen atoms in total. The van der Waals surface area contributed by atoms with E-state index in [1.165, 1.54) is 67.5 Å². The number of nitrogens with zero attached hydrogens (tertiary/aromatic N) is 2. The fraction of sp³-hybridized carbons (Fsp3) is 0.647. The molecule has 0 bridgehead atoms. The first-order chi connectivity index (χ1) is 18.3. The number of alkyl halides is 1. The van der Waals surface area contributed by atoms with Gasteiger partial charge >= 0.3 is 0 Å². The van der Waals surface area contributed by atoms with E-state index in [1.807, 2.05) is 0 Å². The Hall–Kier alpha value is -1.71.